The van der Waals surface area contributed by atoms with Gasteiger partial charge in [-0.15, -0.1) is 0 Å². The van der Waals surface area contributed by atoms with Crippen molar-refractivity contribution in [3.05, 3.63) is 35.4 Å². The van der Waals surface area contributed by atoms with Crippen LogP contribution in [0.25, 0.3) is 0 Å². The number of aliphatic hydroxyl groups excluding tert-OH is 1. The minimum absolute atomic E-state index is 0.0320. The van der Waals surface area contributed by atoms with E-state index in [-0.39, 0.29) is 48.9 Å². The van der Waals surface area contributed by atoms with Gasteiger partial charge in [-0.3, -0.25) is 9.59 Å². The van der Waals surface area contributed by atoms with Crippen LogP contribution in [0.1, 0.15) is 62.0 Å². The largest absolute Gasteiger partial charge is 0.394 e. The number of amides is 2. The first kappa shape index (κ1) is 22.4. The molecule has 1 aromatic rings. The van der Waals surface area contributed by atoms with Crippen molar-refractivity contribution in [2.75, 3.05) is 32.9 Å². The number of fused-ring (bicyclic) bond motifs is 1. The van der Waals surface area contributed by atoms with Crippen LogP contribution >= 0.6 is 0 Å². The molecule has 0 unspecified atom stereocenters. The van der Waals surface area contributed by atoms with Crippen molar-refractivity contribution in [3.8, 4) is 11.8 Å². The average Bonchev–Trinajstić information content (AvgIpc) is 2.85. The third kappa shape index (κ3) is 4.54. The molecule has 0 radical (unpaired) electrons. The topological polar surface area (TPSA) is 70.1 Å². The number of aliphatic hydroxyl groups is 1. The average molecular weight is 451 g/mol. The second-order valence-electron chi connectivity index (χ2n) is 9.98. The van der Waals surface area contributed by atoms with Gasteiger partial charge in [-0.25, -0.2) is 0 Å². The first-order valence-corrected chi connectivity index (χ1v) is 12.6. The highest BCUT2D eigenvalue weighted by atomic mass is 16.5. The molecular weight excluding hydrogens is 416 g/mol. The Morgan fingerprint density at radius 1 is 1.06 bits per heavy atom. The van der Waals surface area contributed by atoms with Gasteiger partial charge in [0, 0.05) is 43.1 Å². The fourth-order valence-corrected chi connectivity index (χ4v) is 6.09. The fraction of sp³-hybridized carbons (Fsp3) is 0.630. The van der Waals surface area contributed by atoms with Crippen molar-refractivity contribution >= 4 is 11.8 Å². The quantitative estimate of drug-likeness (QED) is 0.719. The lowest BCUT2D eigenvalue weighted by atomic mass is 9.73. The Hall–Kier alpha value is -2.36. The van der Waals surface area contributed by atoms with Gasteiger partial charge in [0.2, 0.25) is 11.8 Å². The van der Waals surface area contributed by atoms with Crippen LogP contribution in [0.2, 0.25) is 0 Å². The van der Waals surface area contributed by atoms with Gasteiger partial charge < -0.3 is 19.6 Å². The summed E-state index contributed by atoms with van der Waals surface area (Å²) in [7, 11) is 0. The summed E-state index contributed by atoms with van der Waals surface area (Å²) in [6.45, 7) is 1.81. The Kier molecular flexibility index (Phi) is 6.71. The molecule has 1 aliphatic carbocycles. The van der Waals surface area contributed by atoms with Crippen LogP contribution in [0.15, 0.2) is 24.3 Å². The van der Waals surface area contributed by atoms with Crippen LogP contribution < -0.4 is 0 Å². The molecule has 4 fully saturated rings. The van der Waals surface area contributed by atoms with E-state index in [1.165, 1.54) is 32.1 Å². The molecule has 0 aromatic heterocycles. The van der Waals surface area contributed by atoms with E-state index >= 15 is 0 Å². The summed E-state index contributed by atoms with van der Waals surface area (Å²) in [6.07, 6.45) is 7.77. The first-order chi connectivity index (χ1) is 16.2. The lowest BCUT2D eigenvalue weighted by Gasteiger charge is -2.59. The number of piperazine rings is 1. The zero-order valence-corrected chi connectivity index (χ0v) is 19.2. The van der Waals surface area contributed by atoms with Gasteiger partial charge in [0.25, 0.3) is 0 Å². The molecule has 2 amide bonds. The standard InChI is InChI=1S/C27H34N2O4/c30-18-24-26(21-10-8-20(9-11-21)7-6-19-4-2-1-3-5-19)23-16-28(17-25(31)29(23)24)27(32)22-12-14-33-15-13-22/h8-11,19,22-24,26,30H,1-5,12-18H2/t23-,24+,26-/m0/s1. The minimum Gasteiger partial charge on any atom is -0.394 e. The zero-order chi connectivity index (χ0) is 22.8. The van der Waals surface area contributed by atoms with E-state index in [1.807, 2.05) is 0 Å². The van der Waals surface area contributed by atoms with Crippen molar-refractivity contribution in [1.29, 1.82) is 0 Å². The molecule has 1 saturated carbocycles. The molecule has 176 valence electrons. The Labute approximate surface area is 196 Å². The van der Waals surface area contributed by atoms with Crippen LogP contribution in [0.3, 0.4) is 0 Å². The predicted molar refractivity (Wildman–Crippen MR) is 124 cm³/mol. The van der Waals surface area contributed by atoms with Gasteiger partial charge in [0.15, 0.2) is 0 Å². The second kappa shape index (κ2) is 9.87. The van der Waals surface area contributed by atoms with E-state index in [0.717, 1.165) is 24.0 Å². The van der Waals surface area contributed by atoms with Crippen LogP contribution in [0.5, 0.6) is 0 Å². The molecule has 3 atom stereocenters. The number of benzene rings is 1. The first-order valence-electron chi connectivity index (χ1n) is 12.6. The monoisotopic (exact) mass is 450 g/mol. The number of carbonyl (C=O) groups excluding carboxylic acids is 2. The van der Waals surface area contributed by atoms with Crippen LogP contribution in [-0.4, -0.2) is 71.7 Å². The lowest BCUT2D eigenvalue weighted by Crippen LogP contribution is -2.73. The summed E-state index contributed by atoms with van der Waals surface area (Å²) in [5.41, 5.74) is 2.11. The fourth-order valence-electron chi connectivity index (χ4n) is 6.09. The normalized spacial score (nSPS) is 28.5. The summed E-state index contributed by atoms with van der Waals surface area (Å²) < 4.78 is 5.39. The summed E-state index contributed by atoms with van der Waals surface area (Å²) in [5, 5.41) is 10.0. The molecule has 5 rings (SSSR count). The van der Waals surface area contributed by atoms with E-state index < -0.39 is 0 Å². The minimum atomic E-state index is -0.220. The molecule has 4 aliphatic rings. The highest BCUT2D eigenvalue weighted by Gasteiger charge is 2.54. The summed E-state index contributed by atoms with van der Waals surface area (Å²) in [4.78, 5) is 29.5. The molecule has 3 heterocycles. The van der Waals surface area contributed by atoms with Gasteiger partial charge in [-0.05, 0) is 43.4 Å². The zero-order valence-electron chi connectivity index (χ0n) is 19.2. The van der Waals surface area contributed by atoms with Crippen molar-refractivity contribution < 1.29 is 19.4 Å². The van der Waals surface area contributed by atoms with Crippen molar-refractivity contribution in [2.24, 2.45) is 11.8 Å². The van der Waals surface area contributed by atoms with Gasteiger partial charge in [0.05, 0.1) is 25.2 Å². The van der Waals surface area contributed by atoms with Crippen molar-refractivity contribution in [1.82, 2.24) is 9.80 Å². The van der Waals surface area contributed by atoms with E-state index in [2.05, 4.69) is 36.1 Å². The van der Waals surface area contributed by atoms with E-state index in [0.29, 0.717) is 25.7 Å². The van der Waals surface area contributed by atoms with Gasteiger partial charge >= 0.3 is 0 Å². The smallest absolute Gasteiger partial charge is 0.242 e. The van der Waals surface area contributed by atoms with E-state index in [9.17, 15) is 14.7 Å². The number of hydrogen-bond acceptors (Lipinski definition) is 4. The summed E-state index contributed by atoms with van der Waals surface area (Å²) >= 11 is 0. The highest BCUT2D eigenvalue weighted by Crippen LogP contribution is 2.43. The third-order valence-electron chi connectivity index (χ3n) is 7.96. The third-order valence-corrected chi connectivity index (χ3v) is 7.96. The maximum atomic E-state index is 13.1. The number of carbonyl (C=O) groups is 2. The summed E-state index contributed by atoms with van der Waals surface area (Å²) in [5.74, 6) is 7.29. The maximum Gasteiger partial charge on any atom is 0.242 e. The number of nitrogens with zero attached hydrogens (tertiary/aromatic N) is 2. The maximum absolute atomic E-state index is 13.1. The molecule has 6 nitrogen and oxygen atoms in total. The Bertz CT molecular complexity index is 922. The molecule has 0 spiro atoms. The molecule has 1 N–H and O–H groups in total. The number of rotatable bonds is 3. The van der Waals surface area contributed by atoms with E-state index in [1.54, 1.807) is 9.80 Å². The summed E-state index contributed by atoms with van der Waals surface area (Å²) in [6, 6.07) is 7.97. The SMILES string of the molecule is O=C(C1CCOCC1)N1CC(=O)N2[C@H](CO)[C@@H](c3ccc(C#CC4CCCCC4)cc3)[C@@H]2C1. The van der Waals surface area contributed by atoms with Gasteiger partial charge in [0.1, 0.15) is 0 Å². The Balaban J connectivity index is 1.29. The lowest BCUT2D eigenvalue weighted by molar-refractivity contribution is -0.169. The van der Waals surface area contributed by atoms with Crippen LogP contribution in [0, 0.1) is 23.7 Å². The van der Waals surface area contributed by atoms with Crippen molar-refractivity contribution in [3.63, 3.8) is 0 Å². The van der Waals surface area contributed by atoms with E-state index in [4.69, 9.17) is 4.74 Å². The van der Waals surface area contributed by atoms with Gasteiger partial charge in [-0.1, -0.05) is 43.2 Å². The predicted octanol–water partition coefficient (Wildman–Crippen LogP) is 2.54. The molecule has 6 heteroatoms. The Morgan fingerprint density at radius 3 is 2.48 bits per heavy atom. The molecule has 3 saturated heterocycles. The van der Waals surface area contributed by atoms with Crippen molar-refractivity contribution in [2.45, 2.75) is 62.9 Å². The second-order valence-corrected chi connectivity index (χ2v) is 9.98. The molecule has 0 bridgehead atoms. The Morgan fingerprint density at radius 2 is 1.79 bits per heavy atom. The van der Waals surface area contributed by atoms with Crippen LogP contribution in [-0.2, 0) is 14.3 Å². The van der Waals surface area contributed by atoms with Gasteiger partial charge in [-0.2, -0.15) is 0 Å². The van der Waals surface area contributed by atoms with Crippen LogP contribution in [0.4, 0.5) is 0 Å². The molecular formula is C27H34N2O4. The number of hydrogen-bond donors (Lipinski definition) is 1. The molecule has 3 aliphatic heterocycles. The molecule has 1 aromatic carbocycles. The number of ether oxygens (including phenoxy) is 1. The highest BCUT2D eigenvalue weighted by molar-refractivity contribution is 5.88. The molecule has 33 heavy (non-hydrogen) atoms.